The first kappa shape index (κ1) is 14.4. The largest absolute Gasteiger partial charge is 0.320 e. The molecule has 10 heteroatoms. The lowest BCUT2D eigenvalue weighted by Crippen LogP contribution is -1.98. The van der Waals surface area contributed by atoms with Gasteiger partial charge in [0.15, 0.2) is 17.2 Å². The van der Waals surface area contributed by atoms with Crippen molar-refractivity contribution in [1.82, 2.24) is 19.8 Å². The third-order valence-corrected chi connectivity index (χ3v) is 3.90. The molecule has 0 spiro atoms. The first-order valence-electron chi connectivity index (χ1n) is 6.23. The third-order valence-electron chi connectivity index (χ3n) is 3.05. The van der Waals surface area contributed by atoms with Crippen LogP contribution in [0.25, 0.3) is 17.0 Å². The topological polar surface area (TPSA) is 125 Å². The van der Waals surface area contributed by atoms with Crippen molar-refractivity contribution in [3.8, 4) is 11.4 Å². The Morgan fingerprint density at radius 2 is 2.09 bits per heavy atom. The Kier molecular flexibility index (Phi) is 3.26. The van der Waals surface area contributed by atoms with E-state index in [0.29, 0.717) is 28.4 Å². The molecule has 0 unspecified atom stereocenters. The quantitative estimate of drug-likeness (QED) is 0.564. The Morgan fingerprint density at radius 1 is 1.32 bits per heavy atom. The normalized spacial score (nSPS) is 12.5. The molecule has 0 fully saturated rings. The number of aromatic amines is 1. The van der Waals surface area contributed by atoms with E-state index in [-0.39, 0.29) is 4.90 Å². The second-order valence-corrected chi connectivity index (χ2v) is 5.97. The molecule has 0 aliphatic rings. The summed E-state index contributed by atoms with van der Waals surface area (Å²) in [5.41, 5.74) is 2.28. The maximum atomic E-state index is 11.2. The summed E-state index contributed by atoms with van der Waals surface area (Å²) >= 11 is 0. The fourth-order valence-electron chi connectivity index (χ4n) is 2.07. The Balaban J connectivity index is 2.15. The third kappa shape index (κ3) is 2.38. The van der Waals surface area contributed by atoms with Gasteiger partial charge in [-0.1, -0.05) is 12.1 Å². The summed E-state index contributed by atoms with van der Waals surface area (Å²) < 4.78 is 32.9. The van der Waals surface area contributed by atoms with E-state index in [9.17, 15) is 8.42 Å². The molecule has 2 aromatic heterocycles. The Bertz CT molecular complexity index is 986. The van der Waals surface area contributed by atoms with Crippen LogP contribution >= 0.6 is 0 Å². The predicted molar refractivity (Wildman–Crippen MR) is 77.8 cm³/mol. The zero-order chi connectivity index (χ0) is 15.9. The first-order chi connectivity index (χ1) is 10.4. The summed E-state index contributed by atoms with van der Waals surface area (Å²) in [5.74, 6) is 0.403. The second kappa shape index (κ2) is 5.00. The SMILES string of the molecule is CN=Nc1c(C)nn2nc(-c3cccc(S(=O)(=O)O)c3)[nH]c12. The highest BCUT2D eigenvalue weighted by atomic mass is 32.2. The van der Waals surface area contributed by atoms with Crippen LogP contribution in [0.1, 0.15) is 5.69 Å². The van der Waals surface area contributed by atoms with Crippen molar-refractivity contribution in [2.75, 3.05) is 7.05 Å². The summed E-state index contributed by atoms with van der Waals surface area (Å²) in [5, 5.41) is 16.2. The molecule has 114 valence electrons. The van der Waals surface area contributed by atoms with Crippen LogP contribution < -0.4 is 0 Å². The number of hydrogen-bond donors (Lipinski definition) is 2. The van der Waals surface area contributed by atoms with Crippen LogP contribution in [0.4, 0.5) is 5.69 Å². The maximum absolute atomic E-state index is 11.2. The van der Waals surface area contributed by atoms with Crippen molar-refractivity contribution in [2.24, 2.45) is 10.2 Å². The number of rotatable bonds is 3. The molecule has 0 bridgehead atoms. The number of hydrogen-bond acceptors (Lipinski definition) is 6. The molecule has 3 aromatic rings. The predicted octanol–water partition coefficient (Wildman–Crippen LogP) is 1.99. The summed E-state index contributed by atoms with van der Waals surface area (Å²) in [4.78, 5) is 2.82. The van der Waals surface area contributed by atoms with Crippen molar-refractivity contribution in [3.05, 3.63) is 30.0 Å². The Hall–Kier alpha value is -2.59. The maximum Gasteiger partial charge on any atom is 0.294 e. The van der Waals surface area contributed by atoms with E-state index in [4.69, 9.17) is 4.55 Å². The molecule has 2 heterocycles. The molecule has 3 rings (SSSR count). The molecule has 0 radical (unpaired) electrons. The van der Waals surface area contributed by atoms with E-state index in [0.717, 1.165) is 0 Å². The van der Waals surface area contributed by atoms with Gasteiger partial charge in [0.2, 0.25) is 0 Å². The monoisotopic (exact) mass is 320 g/mol. The highest BCUT2D eigenvalue weighted by Gasteiger charge is 2.16. The molecule has 0 saturated heterocycles. The van der Waals surface area contributed by atoms with Gasteiger partial charge < -0.3 is 4.98 Å². The van der Waals surface area contributed by atoms with E-state index < -0.39 is 10.1 Å². The van der Waals surface area contributed by atoms with Gasteiger partial charge in [-0.3, -0.25) is 4.55 Å². The number of H-pyrrole nitrogens is 1. The molecule has 22 heavy (non-hydrogen) atoms. The van der Waals surface area contributed by atoms with E-state index in [2.05, 4.69) is 25.4 Å². The summed E-state index contributed by atoms with van der Waals surface area (Å²) in [6.07, 6.45) is 0. The molecule has 0 saturated carbocycles. The summed E-state index contributed by atoms with van der Waals surface area (Å²) in [6.45, 7) is 1.78. The van der Waals surface area contributed by atoms with Gasteiger partial charge in [0.25, 0.3) is 10.1 Å². The fourth-order valence-corrected chi connectivity index (χ4v) is 2.60. The van der Waals surface area contributed by atoms with Crippen molar-refractivity contribution in [3.63, 3.8) is 0 Å². The molecule has 2 N–H and O–H groups in total. The zero-order valence-electron chi connectivity index (χ0n) is 11.7. The number of aromatic nitrogens is 4. The van der Waals surface area contributed by atoms with Crippen molar-refractivity contribution in [2.45, 2.75) is 11.8 Å². The number of nitrogens with one attached hydrogen (secondary N) is 1. The van der Waals surface area contributed by atoms with Crippen LogP contribution in [-0.4, -0.2) is 39.8 Å². The highest BCUT2D eigenvalue weighted by molar-refractivity contribution is 7.85. The number of aryl methyl sites for hydroxylation is 1. The molecular weight excluding hydrogens is 308 g/mol. The van der Waals surface area contributed by atoms with Crippen LogP contribution in [0.3, 0.4) is 0 Å². The Morgan fingerprint density at radius 3 is 2.77 bits per heavy atom. The number of benzene rings is 1. The van der Waals surface area contributed by atoms with Crippen molar-refractivity contribution >= 4 is 21.5 Å². The van der Waals surface area contributed by atoms with Crippen LogP contribution in [0.15, 0.2) is 39.4 Å². The minimum atomic E-state index is -4.27. The number of nitrogens with zero attached hydrogens (tertiary/aromatic N) is 5. The summed E-state index contributed by atoms with van der Waals surface area (Å²) in [6, 6.07) is 5.80. The number of azo groups is 1. The van der Waals surface area contributed by atoms with Gasteiger partial charge in [-0.2, -0.15) is 23.7 Å². The smallest absolute Gasteiger partial charge is 0.294 e. The van der Waals surface area contributed by atoms with Crippen LogP contribution in [-0.2, 0) is 10.1 Å². The van der Waals surface area contributed by atoms with Gasteiger partial charge in [-0.05, 0) is 19.1 Å². The highest BCUT2D eigenvalue weighted by Crippen LogP contribution is 2.26. The standard InChI is InChI=1S/C12H12N6O3S/c1-7-10(15-13-2)12-14-11(17-18(12)16-7)8-4-3-5-9(6-8)22(19,20)21/h3-6H,1-2H3,(H,14,17)(H,19,20,21). The lowest BCUT2D eigenvalue weighted by Gasteiger charge is -1.99. The van der Waals surface area contributed by atoms with Crippen LogP contribution in [0.2, 0.25) is 0 Å². The van der Waals surface area contributed by atoms with E-state index >= 15 is 0 Å². The van der Waals surface area contributed by atoms with Crippen molar-refractivity contribution < 1.29 is 13.0 Å². The minimum absolute atomic E-state index is 0.205. The van der Waals surface area contributed by atoms with Gasteiger partial charge >= 0.3 is 0 Å². The average Bonchev–Trinajstić information content (AvgIpc) is 2.98. The molecule has 0 aliphatic heterocycles. The lowest BCUT2D eigenvalue weighted by molar-refractivity contribution is 0.483. The first-order valence-corrected chi connectivity index (χ1v) is 7.67. The number of fused-ring (bicyclic) bond motifs is 1. The Labute approximate surface area is 125 Å². The molecule has 9 nitrogen and oxygen atoms in total. The van der Waals surface area contributed by atoms with Gasteiger partial charge in [-0.15, -0.1) is 9.73 Å². The van der Waals surface area contributed by atoms with Crippen LogP contribution in [0.5, 0.6) is 0 Å². The minimum Gasteiger partial charge on any atom is -0.320 e. The zero-order valence-corrected chi connectivity index (χ0v) is 12.5. The molecule has 0 atom stereocenters. The summed E-state index contributed by atoms with van der Waals surface area (Å²) in [7, 11) is -2.72. The van der Waals surface area contributed by atoms with E-state index in [1.807, 2.05) is 0 Å². The fraction of sp³-hybridized carbons (Fsp3) is 0.167. The second-order valence-electron chi connectivity index (χ2n) is 4.55. The lowest BCUT2D eigenvalue weighted by atomic mass is 10.2. The molecule has 1 aromatic carbocycles. The van der Waals surface area contributed by atoms with Gasteiger partial charge in [-0.25, -0.2) is 0 Å². The van der Waals surface area contributed by atoms with Gasteiger partial charge in [0.1, 0.15) is 0 Å². The van der Waals surface area contributed by atoms with Gasteiger partial charge in [0.05, 0.1) is 10.6 Å². The van der Waals surface area contributed by atoms with Crippen LogP contribution in [0, 0.1) is 6.92 Å². The molecule has 0 aliphatic carbocycles. The van der Waals surface area contributed by atoms with Crippen molar-refractivity contribution in [1.29, 1.82) is 0 Å². The molecular formula is C12H12N6O3S. The average molecular weight is 320 g/mol. The molecule has 0 amide bonds. The van der Waals surface area contributed by atoms with E-state index in [1.165, 1.54) is 22.8 Å². The van der Waals surface area contributed by atoms with E-state index in [1.54, 1.807) is 20.0 Å². The van der Waals surface area contributed by atoms with Gasteiger partial charge in [0, 0.05) is 12.6 Å².